The average Bonchev–Trinajstić information content (AvgIpc) is 2.57. The Bertz CT molecular complexity index is 904. The molecule has 0 aliphatic carbocycles. The molecule has 1 N–H and O–H groups in total. The number of nitrogens with one attached hydrogen (secondary N) is 1. The van der Waals surface area contributed by atoms with Gasteiger partial charge in [0.15, 0.2) is 4.75 Å². The van der Waals surface area contributed by atoms with Crippen molar-refractivity contribution in [1.29, 1.82) is 0 Å². The fraction of sp³-hybridized carbons (Fsp3) is 0.350. The predicted molar refractivity (Wildman–Crippen MR) is 106 cm³/mol. The van der Waals surface area contributed by atoms with E-state index in [0.29, 0.717) is 5.56 Å². The molecular formula is C20H25FN2O3S. The zero-order valence-corrected chi connectivity index (χ0v) is 16.8. The number of amidine groups is 1. The Morgan fingerprint density at radius 3 is 2.37 bits per heavy atom. The second-order valence-electron chi connectivity index (χ2n) is 6.99. The molecule has 27 heavy (non-hydrogen) atoms. The van der Waals surface area contributed by atoms with E-state index >= 15 is 0 Å². The zero-order chi connectivity index (χ0) is 20.5. The zero-order valence-electron chi connectivity index (χ0n) is 16.0. The highest BCUT2D eigenvalue weighted by molar-refractivity contribution is 7.91. The fourth-order valence-corrected chi connectivity index (χ4v) is 4.70. The first-order valence-electron chi connectivity index (χ1n) is 8.48. The number of ether oxygens (including phenoxy) is 1. The second kappa shape index (κ2) is 7.31. The van der Waals surface area contributed by atoms with Gasteiger partial charge in [0, 0.05) is 5.57 Å². The number of allylic oxidation sites excluding steroid dienone is 2. The summed E-state index contributed by atoms with van der Waals surface area (Å²) in [6, 6.07) is 7.95. The van der Waals surface area contributed by atoms with Crippen molar-refractivity contribution in [2.75, 3.05) is 0 Å². The van der Waals surface area contributed by atoms with Gasteiger partial charge in [0.25, 0.3) is 6.02 Å². The van der Waals surface area contributed by atoms with Crippen LogP contribution in [0.4, 0.5) is 4.39 Å². The Balaban J connectivity index is 2.49. The van der Waals surface area contributed by atoms with Crippen LogP contribution in [0.5, 0.6) is 0 Å². The SMILES string of the molecule is C=C/C=C(\C(=C)F)[C@H](C)N=C1NS(=O)(=O)C(C)(c2ccccc2)C(C)(C)O1. The van der Waals surface area contributed by atoms with Crippen molar-refractivity contribution < 1.29 is 17.5 Å². The average molecular weight is 392 g/mol. The summed E-state index contributed by atoms with van der Waals surface area (Å²) in [4.78, 5) is 4.21. The molecule has 0 radical (unpaired) electrons. The van der Waals surface area contributed by atoms with Crippen LogP contribution in [0.1, 0.15) is 33.3 Å². The molecule has 146 valence electrons. The maximum Gasteiger partial charge on any atom is 0.299 e. The van der Waals surface area contributed by atoms with Crippen LogP contribution in [0.2, 0.25) is 0 Å². The van der Waals surface area contributed by atoms with Crippen molar-refractivity contribution in [2.24, 2.45) is 4.99 Å². The van der Waals surface area contributed by atoms with Gasteiger partial charge in [-0.1, -0.05) is 55.6 Å². The van der Waals surface area contributed by atoms with Crippen molar-refractivity contribution in [1.82, 2.24) is 4.72 Å². The fourth-order valence-electron chi connectivity index (χ4n) is 3.04. The molecule has 1 saturated heterocycles. The molecule has 7 heteroatoms. The van der Waals surface area contributed by atoms with Crippen molar-refractivity contribution in [3.8, 4) is 0 Å². The van der Waals surface area contributed by atoms with Crippen molar-refractivity contribution >= 4 is 16.0 Å². The highest BCUT2D eigenvalue weighted by Crippen LogP contribution is 2.44. The van der Waals surface area contributed by atoms with E-state index in [1.807, 2.05) is 6.07 Å². The number of aliphatic imine (C=N–C) groups is 1. The number of hydrogen-bond donors (Lipinski definition) is 1. The molecule has 1 unspecified atom stereocenters. The molecule has 2 atom stereocenters. The van der Waals surface area contributed by atoms with E-state index in [-0.39, 0.29) is 11.6 Å². The Kier molecular flexibility index (Phi) is 5.65. The van der Waals surface area contributed by atoms with Gasteiger partial charge in [-0.05, 0) is 33.3 Å². The first-order chi connectivity index (χ1) is 12.5. The first-order valence-corrected chi connectivity index (χ1v) is 9.96. The van der Waals surface area contributed by atoms with E-state index in [4.69, 9.17) is 4.74 Å². The Morgan fingerprint density at radius 2 is 1.89 bits per heavy atom. The van der Waals surface area contributed by atoms with Gasteiger partial charge in [-0.15, -0.1) is 0 Å². The predicted octanol–water partition coefficient (Wildman–Crippen LogP) is 3.97. The van der Waals surface area contributed by atoms with Crippen LogP contribution in [0.3, 0.4) is 0 Å². The minimum atomic E-state index is -3.90. The second-order valence-corrected chi connectivity index (χ2v) is 9.02. The summed E-state index contributed by atoms with van der Waals surface area (Å²) in [7, 11) is -3.90. The van der Waals surface area contributed by atoms with Crippen LogP contribution in [0, 0.1) is 0 Å². The molecule has 0 saturated carbocycles. The number of rotatable bonds is 5. The molecule has 1 aliphatic rings. The van der Waals surface area contributed by atoms with Gasteiger partial charge in [-0.3, -0.25) is 0 Å². The molecular weight excluding hydrogens is 367 g/mol. The Hall–Kier alpha value is -2.41. The van der Waals surface area contributed by atoms with E-state index in [0.717, 1.165) is 0 Å². The molecule has 0 spiro atoms. The summed E-state index contributed by atoms with van der Waals surface area (Å²) in [5, 5.41) is 0. The largest absolute Gasteiger partial charge is 0.456 e. The van der Waals surface area contributed by atoms with Crippen LogP contribution in [0.25, 0.3) is 0 Å². The monoisotopic (exact) mass is 392 g/mol. The standard InChI is InChI=1S/C20H25FN2O3S/c1-7-11-17(14(2)21)15(3)22-18-23-27(24,25)20(6,19(4,5)26-18)16-12-9-8-10-13-16/h7-13,15H,1-2H2,3-6H3,(H,22,23)/b17-11+/t15-,20?/m0/s1. The van der Waals surface area contributed by atoms with Gasteiger partial charge < -0.3 is 4.74 Å². The minimum Gasteiger partial charge on any atom is -0.456 e. The molecule has 1 aromatic rings. The molecule has 2 rings (SSSR count). The molecule has 0 aromatic heterocycles. The van der Waals surface area contributed by atoms with Crippen LogP contribution in [-0.2, 0) is 19.5 Å². The summed E-state index contributed by atoms with van der Waals surface area (Å²) < 4.78 is 46.9. The molecule has 0 bridgehead atoms. The summed E-state index contributed by atoms with van der Waals surface area (Å²) in [5.74, 6) is -0.668. The summed E-state index contributed by atoms with van der Waals surface area (Å²) in [5.41, 5.74) is -0.347. The number of benzene rings is 1. The van der Waals surface area contributed by atoms with E-state index in [1.54, 1.807) is 52.0 Å². The molecule has 1 fully saturated rings. The maximum absolute atomic E-state index is 13.6. The van der Waals surface area contributed by atoms with Crippen molar-refractivity contribution in [3.63, 3.8) is 0 Å². The van der Waals surface area contributed by atoms with Crippen molar-refractivity contribution in [3.05, 3.63) is 72.6 Å². The smallest absolute Gasteiger partial charge is 0.299 e. The lowest BCUT2D eigenvalue weighted by Gasteiger charge is -2.47. The lowest BCUT2D eigenvalue weighted by molar-refractivity contribution is 0.0385. The molecule has 1 aromatic carbocycles. The van der Waals surface area contributed by atoms with Gasteiger partial charge in [-0.2, -0.15) is 0 Å². The number of halogens is 1. The summed E-state index contributed by atoms with van der Waals surface area (Å²) in [6.07, 6.45) is 2.85. The van der Waals surface area contributed by atoms with Gasteiger partial charge in [-0.25, -0.2) is 22.5 Å². The number of nitrogens with zero attached hydrogens (tertiary/aromatic N) is 1. The lowest BCUT2D eigenvalue weighted by Crippen LogP contribution is -2.64. The Labute approximate surface area is 160 Å². The summed E-state index contributed by atoms with van der Waals surface area (Å²) in [6.45, 7) is 13.4. The Morgan fingerprint density at radius 1 is 1.30 bits per heavy atom. The van der Waals surface area contributed by atoms with Crippen LogP contribution >= 0.6 is 0 Å². The normalized spacial score (nSPS) is 26.6. The molecule has 1 heterocycles. The molecule has 0 amide bonds. The molecule has 1 aliphatic heterocycles. The third-order valence-corrected chi connectivity index (χ3v) is 7.20. The van der Waals surface area contributed by atoms with Crippen LogP contribution in [0.15, 0.2) is 72.0 Å². The van der Waals surface area contributed by atoms with Crippen LogP contribution in [-0.4, -0.2) is 26.1 Å². The van der Waals surface area contributed by atoms with Crippen LogP contribution < -0.4 is 4.72 Å². The first kappa shape index (κ1) is 20.9. The van der Waals surface area contributed by atoms with E-state index in [9.17, 15) is 12.8 Å². The molecule has 5 nitrogen and oxygen atoms in total. The number of sulfonamides is 1. The van der Waals surface area contributed by atoms with Crippen molar-refractivity contribution in [2.45, 2.75) is 44.1 Å². The summed E-state index contributed by atoms with van der Waals surface area (Å²) >= 11 is 0. The topological polar surface area (TPSA) is 67.8 Å². The third kappa shape index (κ3) is 3.69. The number of hydrogen-bond acceptors (Lipinski definition) is 4. The van der Waals surface area contributed by atoms with Gasteiger partial charge >= 0.3 is 0 Å². The quantitative estimate of drug-likeness (QED) is 0.771. The van der Waals surface area contributed by atoms with E-state index in [2.05, 4.69) is 22.9 Å². The van der Waals surface area contributed by atoms with Gasteiger partial charge in [0.05, 0.1) is 6.04 Å². The van der Waals surface area contributed by atoms with E-state index in [1.165, 1.54) is 12.2 Å². The highest BCUT2D eigenvalue weighted by atomic mass is 32.2. The maximum atomic E-state index is 13.6. The third-order valence-electron chi connectivity index (χ3n) is 4.96. The van der Waals surface area contributed by atoms with E-state index < -0.39 is 32.2 Å². The lowest BCUT2D eigenvalue weighted by atomic mass is 9.85. The highest BCUT2D eigenvalue weighted by Gasteiger charge is 2.58. The van der Waals surface area contributed by atoms with Gasteiger partial charge in [0.2, 0.25) is 10.0 Å². The minimum absolute atomic E-state index is 0.183. The van der Waals surface area contributed by atoms with Gasteiger partial charge in [0.1, 0.15) is 11.4 Å².